The number of nitrogens with zero attached hydrogens (tertiary/aromatic N) is 3. The van der Waals surface area contributed by atoms with Crippen LogP contribution in [0.2, 0.25) is 0 Å². The monoisotopic (exact) mass is 270 g/mol. The molecule has 1 saturated heterocycles. The van der Waals surface area contributed by atoms with E-state index in [0.717, 1.165) is 30.1 Å². The SMILES string of the molecule is c1ccc(-c2cnn(CCCC3CCCNC3)n2)cc1. The molecule has 0 radical (unpaired) electrons. The lowest BCUT2D eigenvalue weighted by atomic mass is 9.95. The van der Waals surface area contributed by atoms with Crippen LogP contribution in [0.5, 0.6) is 0 Å². The Bertz CT molecular complexity index is 514. The van der Waals surface area contributed by atoms with E-state index in [2.05, 4.69) is 27.6 Å². The van der Waals surface area contributed by atoms with Crippen molar-refractivity contribution in [3.05, 3.63) is 36.5 Å². The van der Waals surface area contributed by atoms with Gasteiger partial charge in [0, 0.05) is 5.56 Å². The predicted molar refractivity (Wildman–Crippen MR) is 80.3 cm³/mol. The fraction of sp³-hybridized carbons (Fsp3) is 0.500. The van der Waals surface area contributed by atoms with E-state index in [-0.39, 0.29) is 0 Å². The van der Waals surface area contributed by atoms with Crippen LogP contribution in [-0.2, 0) is 6.54 Å². The quantitative estimate of drug-likeness (QED) is 0.908. The second-order valence-electron chi connectivity index (χ2n) is 5.55. The highest BCUT2D eigenvalue weighted by Crippen LogP contribution is 2.17. The van der Waals surface area contributed by atoms with Gasteiger partial charge in [-0.1, -0.05) is 30.3 Å². The van der Waals surface area contributed by atoms with E-state index in [1.54, 1.807) is 0 Å². The van der Waals surface area contributed by atoms with Gasteiger partial charge >= 0.3 is 0 Å². The van der Waals surface area contributed by atoms with Crippen molar-refractivity contribution in [1.82, 2.24) is 20.3 Å². The first kappa shape index (κ1) is 13.3. The molecule has 2 aromatic rings. The molecule has 1 aromatic heterocycles. The third-order valence-electron chi connectivity index (χ3n) is 3.98. The van der Waals surface area contributed by atoms with E-state index < -0.39 is 0 Å². The average Bonchev–Trinajstić information content (AvgIpc) is 2.98. The maximum Gasteiger partial charge on any atom is 0.113 e. The van der Waals surface area contributed by atoms with Crippen LogP contribution in [-0.4, -0.2) is 28.1 Å². The van der Waals surface area contributed by atoms with Gasteiger partial charge in [-0.3, -0.25) is 0 Å². The summed E-state index contributed by atoms with van der Waals surface area (Å²) in [5.41, 5.74) is 2.10. The fourth-order valence-corrected chi connectivity index (χ4v) is 2.84. The number of rotatable bonds is 5. The van der Waals surface area contributed by atoms with Crippen LogP contribution < -0.4 is 5.32 Å². The first-order valence-electron chi connectivity index (χ1n) is 7.58. The molecular weight excluding hydrogens is 248 g/mol. The molecule has 4 heteroatoms. The number of piperidine rings is 1. The molecule has 0 spiro atoms. The fourth-order valence-electron chi connectivity index (χ4n) is 2.84. The van der Waals surface area contributed by atoms with Gasteiger partial charge in [0.15, 0.2) is 0 Å². The molecule has 1 fully saturated rings. The lowest BCUT2D eigenvalue weighted by Gasteiger charge is -2.22. The Labute approximate surface area is 120 Å². The van der Waals surface area contributed by atoms with Crippen LogP contribution in [0.15, 0.2) is 36.5 Å². The van der Waals surface area contributed by atoms with Crippen molar-refractivity contribution in [2.45, 2.75) is 32.2 Å². The summed E-state index contributed by atoms with van der Waals surface area (Å²) in [6.07, 6.45) is 6.99. The summed E-state index contributed by atoms with van der Waals surface area (Å²) in [4.78, 5) is 1.83. The molecule has 0 amide bonds. The lowest BCUT2D eigenvalue weighted by molar-refractivity contribution is 0.336. The maximum atomic E-state index is 4.55. The molecule has 1 aliphatic rings. The van der Waals surface area contributed by atoms with Crippen LogP contribution in [0, 0.1) is 5.92 Å². The first-order chi connectivity index (χ1) is 9.92. The van der Waals surface area contributed by atoms with Gasteiger partial charge in [-0.15, -0.1) is 0 Å². The molecule has 0 bridgehead atoms. The predicted octanol–water partition coefficient (Wildman–Crippen LogP) is 2.72. The van der Waals surface area contributed by atoms with Gasteiger partial charge in [-0.2, -0.15) is 15.0 Å². The van der Waals surface area contributed by atoms with E-state index in [1.165, 1.54) is 32.4 Å². The number of hydrogen-bond acceptors (Lipinski definition) is 3. The minimum atomic E-state index is 0.841. The molecule has 0 aliphatic carbocycles. The van der Waals surface area contributed by atoms with E-state index in [1.807, 2.05) is 29.2 Å². The van der Waals surface area contributed by atoms with Crippen LogP contribution in [0.1, 0.15) is 25.7 Å². The Hall–Kier alpha value is -1.68. The summed E-state index contributed by atoms with van der Waals surface area (Å²) < 4.78 is 0. The normalized spacial score (nSPS) is 19.1. The molecule has 106 valence electrons. The summed E-state index contributed by atoms with van der Waals surface area (Å²) in [6.45, 7) is 3.29. The smallest absolute Gasteiger partial charge is 0.113 e. The van der Waals surface area contributed by atoms with E-state index >= 15 is 0 Å². The highest BCUT2D eigenvalue weighted by atomic mass is 15.5. The summed E-state index contributed by atoms with van der Waals surface area (Å²) in [7, 11) is 0. The Morgan fingerprint density at radius 3 is 2.95 bits per heavy atom. The van der Waals surface area contributed by atoms with Crippen molar-refractivity contribution in [3.63, 3.8) is 0 Å². The van der Waals surface area contributed by atoms with Crippen LogP contribution in [0.4, 0.5) is 0 Å². The maximum absolute atomic E-state index is 4.55. The van der Waals surface area contributed by atoms with Gasteiger partial charge in [0.1, 0.15) is 5.69 Å². The van der Waals surface area contributed by atoms with E-state index in [0.29, 0.717) is 0 Å². The molecule has 1 aliphatic heterocycles. The van der Waals surface area contributed by atoms with Crippen molar-refractivity contribution >= 4 is 0 Å². The zero-order valence-electron chi connectivity index (χ0n) is 11.8. The van der Waals surface area contributed by atoms with Crippen LogP contribution in [0.25, 0.3) is 11.3 Å². The van der Waals surface area contributed by atoms with Crippen LogP contribution >= 0.6 is 0 Å². The number of aromatic nitrogens is 3. The van der Waals surface area contributed by atoms with Gasteiger partial charge in [-0.25, -0.2) is 0 Å². The van der Waals surface area contributed by atoms with Gasteiger partial charge in [0.05, 0.1) is 12.7 Å². The van der Waals surface area contributed by atoms with Gasteiger partial charge in [-0.05, 0) is 44.7 Å². The van der Waals surface area contributed by atoms with E-state index in [9.17, 15) is 0 Å². The number of hydrogen-bond donors (Lipinski definition) is 1. The lowest BCUT2D eigenvalue weighted by Crippen LogP contribution is -2.29. The minimum absolute atomic E-state index is 0.841. The standard InChI is InChI=1S/C16H22N4/c1-2-8-15(9-3-1)16-13-18-20(19-16)11-5-7-14-6-4-10-17-12-14/h1-3,8-9,13-14,17H,4-7,10-12H2. The third kappa shape index (κ3) is 3.45. The number of nitrogens with one attached hydrogen (secondary N) is 1. The average molecular weight is 270 g/mol. The molecule has 20 heavy (non-hydrogen) atoms. The zero-order chi connectivity index (χ0) is 13.6. The Kier molecular flexibility index (Phi) is 4.43. The molecule has 0 saturated carbocycles. The molecule has 3 rings (SSSR count). The van der Waals surface area contributed by atoms with Gasteiger partial charge < -0.3 is 5.32 Å². The van der Waals surface area contributed by atoms with Gasteiger partial charge in [0.25, 0.3) is 0 Å². The van der Waals surface area contributed by atoms with Crippen molar-refractivity contribution in [1.29, 1.82) is 0 Å². The van der Waals surface area contributed by atoms with Crippen molar-refractivity contribution in [3.8, 4) is 11.3 Å². The summed E-state index contributed by atoms with van der Waals surface area (Å²) in [6, 6.07) is 10.2. The van der Waals surface area contributed by atoms with Crippen LogP contribution in [0.3, 0.4) is 0 Å². The van der Waals surface area contributed by atoms with E-state index in [4.69, 9.17) is 0 Å². The van der Waals surface area contributed by atoms with Crippen molar-refractivity contribution in [2.24, 2.45) is 5.92 Å². The molecule has 1 atom stereocenters. The zero-order valence-corrected chi connectivity index (χ0v) is 11.8. The summed E-state index contributed by atoms with van der Waals surface area (Å²) >= 11 is 0. The minimum Gasteiger partial charge on any atom is -0.316 e. The highest BCUT2D eigenvalue weighted by Gasteiger charge is 2.12. The molecule has 1 N–H and O–H groups in total. The van der Waals surface area contributed by atoms with Crippen molar-refractivity contribution < 1.29 is 0 Å². The summed E-state index contributed by atoms with van der Waals surface area (Å²) in [5, 5.41) is 12.4. The molecule has 4 nitrogen and oxygen atoms in total. The summed E-state index contributed by atoms with van der Waals surface area (Å²) in [5.74, 6) is 0.841. The Balaban J connectivity index is 1.50. The molecular formula is C16H22N4. The molecule has 1 aromatic carbocycles. The molecule has 1 unspecified atom stereocenters. The number of benzene rings is 1. The van der Waals surface area contributed by atoms with Crippen molar-refractivity contribution in [2.75, 3.05) is 13.1 Å². The Morgan fingerprint density at radius 1 is 1.25 bits per heavy atom. The molecule has 2 heterocycles. The second kappa shape index (κ2) is 6.66. The second-order valence-corrected chi connectivity index (χ2v) is 5.55. The Morgan fingerprint density at radius 2 is 2.15 bits per heavy atom. The number of aryl methyl sites for hydroxylation is 1. The highest BCUT2D eigenvalue weighted by molar-refractivity contribution is 5.56. The largest absolute Gasteiger partial charge is 0.316 e. The third-order valence-corrected chi connectivity index (χ3v) is 3.98. The van der Waals surface area contributed by atoms with Gasteiger partial charge in [0.2, 0.25) is 0 Å². The topological polar surface area (TPSA) is 42.7 Å². The first-order valence-corrected chi connectivity index (χ1v) is 7.58.